The minimum atomic E-state index is -0.152. The lowest BCUT2D eigenvalue weighted by molar-refractivity contribution is -0.119. The van der Waals surface area contributed by atoms with Crippen molar-refractivity contribution in [3.8, 4) is 0 Å². The number of nitrogens with zero attached hydrogens (tertiary/aromatic N) is 1. The van der Waals surface area contributed by atoms with E-state index in [2.05, 4.69) is 33.2 Å². The van der Waals surface area contributed by atoms with Gasteiger partial charge in [0, 0.05) is 14.9 Å². The third kappa shape index (κ3) is 6.37. The summed E-state index contributed by atoms with van der Waals surface area (Å²) in [5.41, 5.74) is 1.49. The number of amides is 2. The Balaban J connectivity index is 1.77. The molecule has 0 fully saturated rings. The molecule has 2 N–H and O–H groups in total. The quantitative estimate of drug-likeness (QED) is 0.703. The molecule has 6 heteroatoms. The zero-order valence-corrected chi connectivity index (χ0v) is 14.9. The van der Waals surface area contributed by atoms with Crippen molar-refractivity contribution in [2.24, 2.45) is 0 Å². The molecule has 0 atom stereocenters. The predicted molar refractivity (Wildman–Crippen MR) is 100 cm³/mol. The number of hydrogen-bond donors (Lipinski definition) is 2. The predicted octanol–water partition coefficient (Wildman–Crippen LogP) is 2.80. The molecule has 0 aliphatic carbocycles. The third-order valence-corrected chi connectivity index (χ3v) is 3.73. The number of para-hydroxylation sites is 1. The van der Waals surface area contributed by atoms with E-state index in [-0.39, 0.29) is 24.9 Å². The van der Waals surface area contributed by atoms with Crippen LogP contribution in [0, 0.1) is 3.57 Å². The average molecular weight is 423 g/mol. The average Bonchev–Trinajstić information content (AvgIpc) is 2.50. The van der Waals surface area contributed by atoms with Crippen molar-refractivity contribution in [1.82, 2.24) is 4.90 Å². The van der Waals surface area contributed by atoms with Crippen molar-refractivity contribution < 1.29 is 9.59 Å². The number of anilines is 2. The SMILES string of the molecule is CN(CC(=O)Nc1ccccc1)CC(=O)Nc1ccc(I)cc1. The molecule has 0 heterocycles. The van der Waals surface area contributed by atoms with E-state index in [1.165, 1.54) is 0 Å². The molecule has 2 amide bonds. The Hall–Kier alpha value is -1.93. The summed E-state index contributed by atoms with van der Waals surface area (Å²) in [5, 5.41) is 5.60. The topological polar surface area (TPSA) is 61.4 Å². The number of nitrogens with one attached hydrogen (secondary N) is 2. The van der Waals surface area contributed by atoms with Gasteiger partial charge in [-0.15, -0.1) is 0 Å². The van der Waals surface area contributed by atoms with Gasteiger partial charge in [-0.05, 0) is 66.0 Å². The number of likely N-dealkylation sites (N-methyl/N-ethyl adjacent to an activating group) is 1. The zero-order valence-electron chi connectivity index (χ0n) is 12.8. The molecule has 0 spiro atoms. The second-order valence-corrected chi connectivity index (χ2v) is 6.39. The molecule has 0 aliphatic heterocycles. The molecular formula is C17H18IN3O2. The second kappa shape index (κ2) is 8.64. The van der Waals surface area contributed by atoms with E-state index in [1.54, 1.807) is 11.9 Å². The fourth-order valence-corrected chi connectivity index (χ4v) is 2.36. The van der Waals surface area contributed by atoms with Crippen LogP contribution in [0.5, 0.6) is 0 Å². The van der Waals surface area contributed by atoms with Crippen molar-refractivity contribution in [1.29, 1.82) is 0 Å². The molecule has 2 rings (SSSR count). The molecular weight excluding hydrogens is 405 g/mol. The van der Waals surface area contributed by atoms with Gasteiger partial charge in [-0.2, -0.15) is 0 Å². The molecule has 0 saturated carbocycles. The highest BCUT2D eigenvalue weighted by Gasteiger charge is 2.11. The Bertz CT molecular complexity index is 659. The van der Waals surface area contributed by atoms with Crippen LogP contribution in [-0.4, -0.2) is 36.9 Å². The van der Waals surface area contributed by atoms with E-state index < -0.39 is 0 Å². The molecule has 0 bridgehead atoms. The first-order valence-electron chi connectivity index (χ1n) is 7.12. The zero-order chi connectivity index (χ0) is 16.7. The van der Waals surface area contributed by atoms with Crippen molar-refractivity contribution >= 4 is 45.8 Å². The number of rotatable bonds is 6. The molecule has 0 saturated heterocycles. The Kier molecular flexibility index (Phi) is 6.54. The Labute approximate surface area is 149 Å². The van der Waals surface area contributed by atoms with Crippen molar-refractivity contribution in [3.63, 3.8) is 0 Å². The van der Waals surface area contributed by atoms with Gasteiger partial charge in [-0.3, -0.25) is 14.5 Å². The van der Waals surface area contributed by atoms with Gasteiger partial charge in [0.2, 0.25) is 11.8 Å². The molecule has 0 unspecified atom stereocenters. The number of benzene rings is 2. The summed E-state index contributed by atoms with van der Waals surface area (Å²) in [6, 6.07) is 16.8. The van der Waals surface area contributed by atoms with E-state index in [9.17, 15) is 9.59 Å². The summed E-state index contributed by atoms with van der Waals surface area (Å²) in [5.74, 6) is -0.304. The van der Waals surface area contributed by atoms with E-state index in [4.69, 9.17) is 0 Å². The maximum absolute atomic E-state index is 12.0. The normalized spacial score (nSPS) is 10.4. The number of carbonyl (C=O) groups is 2. The fraction of sp³-hybridized carbons (Fsp3) is 0.176. The van der Waals surface area contributed by atoms with Gasteiger partial charge in [0.1, 0.15) is 0 Å². The van der Waals surface area contributed by atoms with Gasteiger partial charge in [0.15, 0.2) is 0 Å². The lowest BCUT2D eigenvalue weighted by atomic mass is 10.3. The van der Waals surface area contributed by atoms with Gasteiger partial charge in [-0.1, -0.05) is 18.2 Å². The Morgan fingerprint density at radius 3 is 1.87 bits per heavy atom. The summed E-state index contributed by atoms with van der Waals surface area (Å²) >= 11 is 2.21. The summed E-state index contributed by atoms with van der Waals surface area (Å²) in [7, 11) is 1.73. The van der Waals surface area contributed by atoms with Crippen LogP contribution in [0.2, 0.25) is 0 Å². The van der Waals surface area contributed by atoms with Crippen LogP contribution in [0.15, 0.2) is 54.6 Å². The van der Waals surface area contributed by atoms with Gasteiger partial charge >= 0.3 is 0 Å². The van der Waals surface area contributed by atoms with Gasteiger partial charge in [-0.25, -0.2) is 0 Å². The van der Waals surface area contributed by atoms with Gasteiger partial charge in [0.05, 0.1) is 13.1 Å². The standard InChI is InChI=1S/C17H18IN3O2/c1-21(11-16(22)19-14-5-3-2-4-6-14)12-17(23)20-15-9-7-13(18)8-10-15/h2-10H,11-12H2,1H3,(H,19,22)(H,20,23). The summed E-state index contributed by atoms with van der Waals surface area (Å²) in [6.07, 6.45) is 0. The van der Waals surface area contributed by atoms with Crippen LogP contribution >= 0.6 is 22.6 Å². The molecule has 23 heavy (non-hydrogen) atoms. The van der Waals surface area contributed by atoms with Gasteiger partial charge in [0.25, 0.3) is 0 Å². The first-order valence-corrected chi connectivity index (χ1v) is 8.19. The lowest BCUT2D eigenvalue weighted by Gasteiger charge is -2.16. The van der Waals surface area contributed by atoms with Crippen LogP contribution in [0.25, 0.3) is 0 Å². The summed E-state index contributed by atoms with van der Waals surface area (Å²) < 4.78 is 1.11. The van der Waals surface area contributed by atoms with Crippen LogP contribution in [0.4, 0.5) is 11.4 Å². The smallest absolute Gasteiger partial charge is 0.238 e. The lowest BCUT2D eigenvalue weighted by Crippen LogP contribution is -2.36. The highest BCUT2D eigenvalue weighted by atomic mass is 127. The van der Waals surface area contributed by atoms with E-state index >= 15 is 0 Å². The van der Waals surface area contributed by atoms with E-state index in [0.29, 0.717) is 0 Å². The summed E-state index contributed by atoms with van der Waals surface area (Å²) in [4.78, 5) is 25.5. The van der Waals surface area contributed by atoms with E-state index in [1.807, 2.05) is 54.6 Å². The second-order valence-electron chi connectivity index (χ2n) is 5.14. The molecule has 120 valence electrons. The van der Waals surface area contributed by atoms with Crippen molar-refractivity contribution in [2.45, 2.75) is 0 Å². The number of carbonyl (C=O) groups excluding carboxylic acids is 2. The molecule has 2 aromatic rings. The first kappa shape index (κ1) is 17.4. The minimum absolute atomic E-state index is 0.147. The van der Waals surface area contributed by atoms with Gasteiger partial charge < -0.3 is 10.6 Å². The van der Waals surface area contributed by atoms with Crippen LogP contribution < -0.4 is 10.6 Å². The molecule has 2 aromatic carbocycles. The Morgan fingerprint density at radius 1 is 0.870 bits per heavy atom. The molecule has 0 aromatic heterocycles. The van der Waals surface area contributed by atoms with Crippen molar-refractivity contribution in [3.05, 3.63) is 58.2 Å². The maximum atomic E-state index is 12.0. The highest BCUT2D eigenvalue weighted by Crippen LogP contribution is 2.11. The molecule has 0 aliphatic rings. The highest BCUT2D eigenvalue weighted by molar-refractivity contribution is 14.1. The van der Waals surface area contributed by atoms with Crippen LogP contribution in [-0.2, 0) is 9.59 Å². The van der Waals surface area contributed by atoms with Crippen LogP contribution in [0.3, 0.4) is 0 Å². The molecule has 5 nitrogen and oxygen atoms in total. The van der Waals surface area contributed by atoms with Crippen molar-refractivity contribution in [2.75, 3.05) is 30.8 Å². The minimum Gasteiger partial charge on any atom is -0.325 e. The largest absolute Gasteiger partial charge is 0.325 e. The first-order chi connectivity index (χ1) is 11.0. The van der Waals surface area contributed by atoms with Crippen LogP contribution in [0.1, 0.15) is 0 Å². The summed E-state index contributed by atoms with van der Waals surface area (Å²) in [6.45, 7) is 0.295. The monoisotopic (exact) mass is 423 g/mol. The third-order valence-electron chi connectivity index (χ3n) is 3.01. The number of halogens is 1. The molecule has 0 radical (unpaired) electrons. The Morgan fingerprint density at radius 2 is 1.35 bits per heavy atom. The number of hydrogen-bond acceptors (Lipinski definition) is 3. The van der Waals surface area contributed by atoms with E-state index in [0.717, 1.165) is 14.9 Å². The fourth-order valence-electron chi connectivity index (χ4n) is 2.00. The maximum Gasteiger partial charge on any atom is 0.238 e.